The standard InChI is InChI=1S/C13H28O2/c1-4-6-7-8-9-10-12-13(11-5-2)15-14-3/h13H,4-12H2,1-3H3. The smallest absolute Gasteiger partial charge is 0.0929 e. The van der Waals surface area contributed by atoms with Crippen molar-refractivity contribution in [1.82, 2.24) is 0 Å². The third-order valence-corrected chi connectivity index (χ3v) is 2.72. The van der Waals surface area contributed by atoms with Crippen LogP contribution >= 0.6 is 0 Å². The number of hydrogen-bond acceptors (Lipinski definition) is 2. The normalized spacial score (nSPS) is 13.0. The summed E-state index contributed by atoms with van der Waals surface area (Å²) in [6.45, 7) is 4.44. The summed E-state index contributed by atoms with van der Waals surface area (Å²) >= 11 is 0. The van der Waals surface area contributed by atoms with Crippen molar-refractivity contribution >= 4 is 0 Å². The van der Waals surface area contributed by atoms with Crippen molar-refractivity contribution in [3.05, 3.63) is 0 Å². The number of unbranched alkanes of at least 4 members (excludes halogenated alkanes) is 5. The zero-order chi connectivity index (χ0) is 11.4. The molecule has 0 rings (SSSR count). The van der Waals surface area contributed by atoms with Crippen molar-refractivity contribution < 1.29 is 9.78 Å². The molecule has 92 valence electrons. The molecule has 1 atom stereocenters. The lowest BCUT2D eigenvalue weighted by molar-refractivity contribution is -0.307. The lowest BCUT2D eigenvalue weighted by Gasteiger charge is -2.14. The Kier molecular flexibility index (Phi) is 11.9. The van der Waals surface area contributed by atoms with Crippen LogP contribution in [0.3, 0.4) is 0 Å². The number of rotatable bonds is 11. The van der Waals surface area contributed by atoms with Gasteiger partial charge in [0.05, 0.1) is 13.2 Å². The van der Waals surface area contributed by atoms with Crippen molar-refractivity contribution in [2.75, 3.05) is 7.11 Å². The molecule has 0 radical (unpaired) electrons. The summed E-state index contributed by atoms with van der Waals surface area (Å²) in [6.07, 6.45) is 11.8. The second-order valence-corrected chi connectivity index (χ2v) is 4.23. The Balaban J connectivity index is 3.28. The Hall–Kier alpha value is -0.0800. The van der Waals surface area contributed by atoms with Crippen LogP contribution in [0.25, 0.3) is 0 Å². The van der Waals surface area contributed by atoms with Crippen LogP contribution in [0.4, 0.5) is 0 Å². The molecule has 0 aromatic heterocycles. The summed E-state index contributed by atoms with van der Waals surface area (Å²) in [5.74, 6) is 0. The fraction of sp³-hybridized carbons (Fsp3) is 1.00. The number of hydrogen-bond donors (Lipinski definition) is 0. The van der Waals surface area contributed by atoms with Crippen molar-refractivity contribution in [1.29, 1.82) is 0 Å². The Bertz CT molecular complexity index is 109. The second-order valence-electron chi connectivity index (χ2n) is 4.23. The van der Waals surface area contributed by atoms with E-state index in [1.165, 1.54) is 44.9 Å². The Morgan fingerprint density at radius 1 is 0.800 bits per heavy atom. The molecule has 0 spiro atoms. The quantitative estimate of drug-likeness (QED) is 0.288. The van der Waals surface area contributed by atoms with E-state index in [-0.39, 0.29) is 0 Å². The van der Waals surface area contributed by atoms with Gasteiger partial charge >= 0.3 is 0 Å². The molecule has 15 heavy (non-hydrogen) atoms. The van der Waals surface area contributed by atoms with Crippen molar-refractivity contribution in [2.24, 2.45) is 0 Å². The minimum Gasteiger partial charge on any atom is -0.240 e. The maximum absolute atomic E-state index is 5.21. The van der Waals surface area contributed by atoms with Crippen molar-refractivity contribution in [3.8, 4) is 0 Å². The molecule has 0 heterocycles. The van der Waals surface area contributed by atoms with Gasteiger partial charge in [-0.25, -0.2) is 9.78 Å². The zero-order valence-corrected chi connectivity index (χ0v) is 10.8. The first-order chi connectivity index (χ1) is 7.35. The maximum Gasteiger partial charge on any atom is 0.0929 e. The molecular weight excluding hydrogens is 188 g/mol. The highest BCUT2D eigenvalue weighted by Crippen LogP contribution is 2.13. The summed E-state index contributed by atoms with van der Waals surface area (Å²) in [5, 5.41) is 0. The summed E-state index contributed by atoms with van der Waals surface area (Å²) in [4.78, 5) is 9.96. The third kappa shape index (κ3) is 10.2. The van der Waals surface area contributed by atoms with Crippen LogP contribution in [-0.2, 0) is 9.78 Å². The van der Waals surface area contributed by atoms with Gasteiger partial charge in [0.15, 0.2) is 0 Å². The molecule has 2 heteroatoms. The molecule has 0 bridgehead atoms. The van der Waals surface area contributed by atoms with Gasteiger partial charge in [0, 0.05) is 0 Å². The molecule has 0 aromatic rings. The molecular formula is C13H28O2. The average Bonchev–Trinajstić information content (AvgIpc) is 2.24. The Labute approximate surface area is 95.3 Å². The largest absolute Gasteiger partial charge is 0.240 e. The van der Waals surface area contributed by atoms with Gasteiger partial charge in [-0.1, -0.05) is 58.8 Å². The summed E-state index contributed by atoms with van der Waals surface area (Å²) in [6, 6.07) is 0. The van der Waals surface area contributed by atoms with E-state index >= 15 is 0 Å². The highest BCUT2D eigenvalue weighted by atomic mass is 17.2. The highest BCUT2D eigenvalue weighted by molar-refractivity contribution is 4.56. The molecule has 0 amide bonds. The highest BCUT2D eigenvalue weighted by Gasteiger charge is 2.07. The van der Waals surface area contributed by atoms with Crippen molar-refractivity contribution in [3.63, 3.8) is 0 Å². The molecule has 0 saturated heterocycles. The molecule has 0 aliphatic rings. The monoisotopic (exact) mass is 216 g/mol. The molecule has 1 unspecified atom stereocenters. The summed E-state index contributed by atoms with van der Waals surface area (Å²) in [5.41, 5.74) is 0. The molecule has 0 aliphatic heterocycles. The van der Waals surface area contributed by atoms with Crippen LogP contribution in [-0.4, -0.2) is 13.2 Å². The van der Waals surface area contributed by atoms with Gasteiger partial charge in [-0.3, -0.25) is 0 Å². The summed E-state index contributed by atoms with van der Waals surface area (Å²) in [7, 11) is 1.60. The van der Waals surface area contributed by atoms with Crippen LogP contribution < -0.4 is 0 Å². The second kappa shape index (κ2) is 12.0. The fourth-order valence-electron chi connectivity index (χ4n) is 1.85. The minimum absolute atomic E-state index is 0.311. The van der Waals surface area contributed by atoms with E-state index in [0.717, 1.165) is 12.8 Å². The van der Waals surface area contributed by atoms with E-state index in [2.05, 4.69) is 13.8 Å². The van der Waals surface area contributed by atoms with Crippen molar-refractivity contribution in [2.45, 2.75) is 77.7 Å². The minimum atomic E-state index is 0.311. The van der Waals surface area contributed by atoms with Crippen LogP contribution in [0.2, 0.25) is 0 Å². The van der Waals surface area contributed by atoms with Gasteiger partial charge in [0.1, 0.15) is 0 Å². The lowest BCUT2D eigenvalue weighted by Crippen LogP contribution is -2.11. The van der Waals surface area contributed by atoms with Gasteiger partial charge in [-0.15, -0.1) is 0 Å². The van der Waals surface area contributed by atoms with E-state index in [9.17, 15) is 0 Å². The van der Waals surface area contributed by atoms with E-state index in [1.807, 2.05) is 0 Å². The third-order valence-electron chi connectivity index (χ3n) is 2.72. The van der Waals surface area contributed by atoms with Gasteiger partial charge in [0.2, 0.25) is 0 Å². The molecule has 0 aliphatic carbocycles. The Morgan fingerprint density at radius 2 is 1.47 bits per heavy atom. The van der Waals surface area contributed by atoms with Gasteiger partial charge in [-0.05, 0) is 12.8 Å². The van der Waals surface area contributed by atoms with Gasteiger partial charge < -0.3 is 0 Å². The topological polar surface area (TPSA) is 18.5 Å². The maximum atomic E-state index is 5.21. The van der Waals surface area contributed by atoms with Crippen LogP contribution in [0, 0.1) is 0 Å². The van der Waals surface area contributed by atoms with E-state index in [4.69, 9.17) is 9.78 Å². The Morgan fingerprint density at radius 3 is 2.07 bits per heavy atom. The van der Waals surface area contributed by atoms with Crippen LogP contribution in [0.15, 0.2) is 0 Å². The lowest BCUT2D eigenvalue weighted by atomic mass is 10.0. The van der Waals surface area contributed by atoms with E-state index < -0.39 is 0 Å². The molecule has 0 aromatic carbocycles. The van der Waals surface area contributed by atoms with Gasteiger partial charge in [-0.2, -0.15) is 0 Å². The predicted octanol–water partition coefficient (Wildman–Crippen LogP) is 4.48. The average molecular weight is 216 g/mol. The van der Waals surface area contributed by atoms with Crippen LogP contribution in [0.5, 0.6) is 0 Å². The summed E-state index contributed by atoms with van der Waals surface area (Å²) < 4.78 is 0. The molecule has 0 saturated carbocycles. The first-order valence-electron chi connectivity index (χ1n) is 6.54. The fourth-order valence-corrected chi connectivity index (χ4v) is 1.85. The van der Waals surface area contributed by atoms with Gasteiger partial charge in [0.25, 0.3) is 0 Å². The SMILES string of the molecule is CCCCCCCCC(CCC)OOC. The molecule has 0 fully saturated rings. The van der Waals surface area contributed by atoms with Crippen LogP contribution in [0.1, 0.15) is 71.6 Å². The first-order valence-corrected chi connectivity index (χ1v) is 6.54. The van der Waals surface area contributed by atoms with E-state index in [1.54, 1.807) is 7.11 Å². The zero-order valence-electron chi connectivity index (χ0n) is 10.8. The predicted molar refractivity (Wildman–Crippen MR) is 64.8 cm³/mol. The molecule has 2 nitrogen and oxygen atoms in total. The first kappa shape index (κ1) is 14.9. The molecule has 0 N–H and O–H groups in total. The van der Waals surface area contributed by atoms with E-state index in [0.29, 0.717) is 6.10 Å².